The fourth-order valence-corrected chi connectivity index (χ4v) is 1.71. The third-order valence-electron chi connectivity index (χ3n) is 3.39. The zero-order valence-corrected chi connectivity index (χ0v) is 11.5. The lowest BCUT2D eigenvalue weighted by molar-refractivity contribution is 0.0889. The molecule has 3 heteroatoms. The Morgan fingerprint density at radius 2 is 1.82 bits per heavy atom. The summed E-state index contributed by atoms with van der Waals surface area (Å²) in [5, 5.41) is 3.03. The summed E-state index contributed by atoms with van der Waals surface area (Å²) in [6.45, 7) is 7.69. The van der Waals surface area contributed by atoms with Crippen molar-refractivity contribution in [2.75, 3.05) is 14.2 Å². The quantitative estimate of drug-likeness (QED) is 0.815. The minimum Gasteiger partial charge on any atom is -0.496 e. The summed E-state index contributed by atoms with van der Waals surface area (Å²) in [6.07, 6.45) is 0. The Morgan fingerprint density at radius 3 is 2.29 bits per heavy atom. The first-order valence-corrected chi connectivity index (χ1v) is 5.73. The van der Waals surface area contributed by atoms with Gasteiger partial charge in [-0.25, -0.2) is 0 Å². The number of Topliss-reactive ketones (excluding diaryl/α,β-unsaturated/α-hetero) is 1. The number of nitrogens with one attached hydrogen (secondary N) is 1. The highest BCUT2D eigenvalue weighted by molar-refractivity contribution is 6.04. The lowest BCUT2D eigenvalue weighted by Gasteiger charge is -2.24. The van der Waals surface area contributed by atoms with Crippen LogP contribution in [0.5, 0.6) is 5.75 Å². The van der Waals surface area contributed by atoms with Crippen LogP contribution < -0.4 is 10.1 Å². The number of hydrogen-bond acceptors (Lipinski definition) is 3. The summed E-state index contributed by atoms with van der Waals surface area (Å²) in [7, 11) is 3.43. The highest BCUT2D eigenvalue weighted by atomic mass is 16.5. The molecule has 0 saturated heterocycles. The first kappa shape index (κ1) is 13.7. The molecule has 0 heterocycles. The SMILES string of the molecule is CNC(C)(C)C(=O)c1ccc(OC)c(C)c1C. The number of carbonyl (C=O) groups is 1. The topological polar surface area (TPSA) is 38.3 Å². The molecule has 0 aromatic heterocycles. The van der Waals surface area contributed by atoms with Gasteiger partial charge in [-0.3, -0.25) is 4.79 Å². The fourth-order valence-electron chi connectivity index (χ4n) is 1.71. The highest BCUT2D eigenvalue weighted by Gasteiger charge is 2.28. The molecular weight excluding hydrogens is 214 g/mol. The molecule has 1 N–H and O–H groups in total. The molecular formula is C14H21NO2. The molecule has 0 saturated carbocycles. The molecule has 1 rings (SSSR count). The second-order valence-electron chi connectivity index (χ2n) is 4.77. The van der Waals surface area contributed by atoms with E-state index >= 15 is 0 Å². The van der Waals surface area contributed by atoms with E-state index in [1.54, 1.807) is 14.2 Å². The van der Waals surface area contributed by atoms with Gasteiger partial charge in [-0.2, -0.15) is 0 Å². The maximum Gasteiger partial charge on any atom is 0.182 e. The van der Waals surface area contributed by atoms with Gasteiger partial charge in [-0.15, -0.1) is 0 Å². The van der Waals surface area contributed by atoms with Crippen molar-refractivity contribution in [2.45, 2.75) is 33.2 Å². The Bertz CT molecular complexity index is 436. The van der Waals surface area contributed by atoms with E-state index in [9.17, 15) is 4.79 Å². The molecule has 0 amide bonds. The van der Waals surface area contributed by atoms with Gasteiger partial charge in [0.1, 0.15) is 5.75 Å². The van der Waals surface area contributed by atoms with Gasteiger partial charge in [-0.1, -0.05) is 0 Å². The summed E-state index contributed by atoms with van der Waals surface area (Å²) >= 11 is 0. The minimum absolute atomic E-state index is 0.100. The first-order chi connectivity index (χ1) is 7.85. The van der Waals surface area contributed by atoms with Gasteiger partial charge in [0.2, 0.25) is 0 Å². The van der Waals surface area contributed by atoms with Crippen molar-refractivity contribution in [3.63, 3.8) is 0 Å². The van der Waals surface area contributed by atoms with Gasteiger partial charge >= 0.3 is 0 Å². The molecule has 0 fully saturated rings. The summed E-state index contributed by atoms with van der Waals surface area (Å²) in [4.78, 5) is 12.4. The minimum atomic E-state index is -0.550. The lowest BCUT2D eigenvalue weighted by atomic mass is 9.89. The molecule has 0 aliphatic carbocycles. The summed E-state index contributed by atoms with van der Waals surface area (Å²) in [5.74, 6) is 0.921. The Kier molecular flexibility index (Phi) is 3.94. The van der Waals surface area contributed by atoms with Crippen LogP contribution in [-0.2, 0) is 0 Å². The predicted molar refractivity (Wildman–Crippen MR) is 69.9 cm³/mol. The number of ketones is 1. The van der Waals surface area contributed by atoms with Gasteiger partial charge in [0, 0.05) is 5.56 Å². The zero-order chi connectivity index (χ0) is 13.2. The van der Waals surface area contributed by atoms with Crippen LogP contribution in [0.4, 0.5) is 0 Å². The third-order valence-corrected chi connectivity index (χ3v) is 3.39. The van der Waals surface area contributed by atoms with Crippen LogP contribution >= 0.6 is 0 Å². The summed E-state index contributed by atoms with van der Waals surface area (Å²) < 4.78 is 5.25. The van der Waals surface area contributed by atoms with E-state index in [-0.39, 0.29) is 5.78 Å². The lowest BCUT2D eigenvalue weighted by Crippen LogP contribution is -2.44. The van der Waals surface area contributed by atoms with Crippen LogP contribution in [0.3, 0.4) is 0 Å². The van der Waals surface area contributed by atoms with E-state index in [2.05, 4.69) is 5.32 Å². The first-order valence-electron chi connectivity index (χ1n) is 5.73. The van der Waals surface area contributed by atoms with E-state index in [0.29, 0.717) is 0 Å². The average molecular weight is 235 g/mol. The van der Waals surface area contributed by atoms with Gasteiger partial charge in [-0.05, 0) is 58.0 Å². The zero-order valence-electron chi connectivity index (χ0n) is 11.5. The monoisotopic (exact) mass is 235 g/mol. The summed E-state index contributed by atoms with van der Waals surface area (Å²) in [6, 6.07) is 3.68. The molecule has 0 bridgehead atoms. The standard InChI is InChI=1S/C14H21NO2/c1-9-10(2)12(17-6)8-7-11(9)13(16)14(3,4)15-5/h7-8,15H,1-6H3. The Balaban J connectivity index is 3.26. The highest BCUT2D eigenvalue weighted by Crippen LogP contribution is 2.26. The van der Waals surface area contributed by atoms with Gasteiger partial charge in [0.15, 0.2) is 5.78 Å². The molecule has 0 spiro atoms. The molecule has 3 nitrogen and oxygen atoms in total. The maximum atomic E-state index is 12.4. The van der Waals surface area contributed by atoms with Crippen LogP contribution in [-0.4, -0.2) is 25.5 Å². The maximum absolute atomic E-state index is 12.4. The van der Waals surface area contributed by atoms with Crippen molar-refractivity contribution in [1.82, 2.24) is 5.32 Å². The number of carbonyl (C=O) groups excluding carboxylic acids is 1. The van der Waals surface area contributed by atoms with Crippen molar-refractivity contribution in [2.24, 2.45) is 0 Å². The summed E-state index contributed by atoms with van der Waals surface area (Å²) in [5.41, 5.74) is 2.21. The molecule has 1 aromatic rings. The van der Waals surface area contributed by atoms with E-state index in [0.717, 1.165) is 22.4 Å². The van der Waals surface area contributed by atoms with Gasteiger partial charge < -0.3 is 10.1 Å². The molecule has 0 aliphatic rings. The number of methoxy groups -OCH3 is 1. The van der Waals surface area contributed by atoms with Crippen LogP contribution in [0.15, 0.2) is 12.1 Å². The molecule has 0 aliphatic heterocycles. The van der Waals surface area contributed by atoms with Crippen LogP contribution in [0.1, 0.15) is 35.3 Å². The van der Waals surface area contributed by atoms with E-state index in [1.807, 2.05) is 39.8 Å². The van der Waals surface area contributed by atoms with Crippen molar-refractivity contribution in [1.29, 1.82) is 0 Å². The number of hydrogen-bond donors (Lipinski definition) is 1. The van der Waals surface area contributed by atoms with E-state index in [1.165, 1.54) is 0 Å². The molecule has 0 radical (unpaired) electrons. The normalized spacial score (nSPS) is 11.4. The molecule has 94 valence electrons. The van der Waals surface area contributed by atoms with E-state index < -0.39 is 5.54 Å². The Labute approximate surface area is 103 Å². The van der Waals surface area contributed by atoms with E-state index in [4.69, 9.17) is 4.74 Å². The van der Waals surface area contributed by atoms with Gasteiger partial charge in [0.05, 0.1) is 12.6 Å². The second-order valence-corrected chi connectivity index (χ2v) is 4.77. The molecule has 0 atom stereocenters. The van der Waals surface area contributed by atoms with Crippen molar-refractivity contribution >= 4 is 5.78 Å². The number of ether oxygens (including phenoxy) is 1. The van der Waals surface area contributed by atoms with Crippen molar-refractivity contribution in [3.8, 4) is 5.75 Å². The average Bonchev–Trinajstić information content (AvgIpc) is 2.31. The predicted octanol–water partition coefficient (Wildman–Crippen LogP) is 2.49. The fraction of sp³-hybridized carbons (Fsp3) is 0.500. The Morgan fingerprint density at radius 1 is 1.24 bits per heavy atom. The number of benzene rings is 1. The van der Waals surface area contributed by atoms with Crippen molar-refractivity contribution in [3.05, 3.63) is 28.8 Å². The smallest absolute Gasteiger partial charge is 0.182 e. The number of rotatable bonds is 4. The van der Waals surface area contributed by atoms with Crippen LogP contribution in [0.2, 0.25) is 0 Å². The second kappa shape index (κ2) is 4.88. The van der Waals surface area contributed by atoms with Crippen LogP contribution in [0, 0.1) is 13.8 Å². The number of likely N-dealkylation sites (N-methyl/N-ethyl adjacent to an activating group) is 1. The van der Waals surface area contributed by atoms with Gasteiger partial charge in [0.25, 0.3) is 0 Å². The third kappa shape index (κ3) is 2.50. The largest absolute Gasteiger partial charge is 0.496 e. The molecule has 1 aromatic carbocycles. The van der Waals surface area contributed by atoms with Crippen molar-refractivity contribution < 1.29 is 9.53 Å². The molecule has 17 heavy (non-hydrogen) atoms. The Hall–Kier alpha value is -1.35. The molecule has 0 unspecified atom stereocenters. The van der Waals surface area contributed by atoms with Crippen LogP contribution in [0.25, 0.3) is 0 Å².